The van der Waals surface area contributed by atoms with Gasteiger partial charge in [-0.3, -0.25) is 9.36 Å². The molecular weight excluding hydrogens is 284 g/mol. The summed E-state index contributed by atoms with van der Waals surface area (Å²) in [6.07, 6.45) is 1.61. The maximum absolute atomic E-state index is 12.5. The van der Waals surface area contributed by atoms with Crippen molar-refractivity contribution in [1.82, 2.24) is 14.5 Å². The Labute approximate surface area is 127 Å². The third-order valence-corrected chi connectivity index (χ3v) is 4.15. The van der Waals surface area contributed by atoms with Crippen molar-refractivity contribution in [3.63, 3.8) is 0 Å². The fourth-order valence-corrected chi connectivity index (χ4v) is 2.90. The Hall–Kier alpha value is -2.41. The van der Waals surface area contributed by atoms with Crippen LogP contribution >= 0.6 is 0 Å². The summed E-state index contributed by atoms with van der Waals surface area (Å²) >= 11 is 0. The molecular formula is C15H18N4O3. The van der Waals surface area contributed by atoms with E-state index >= 15 is 0 Å². The molecule has 7 nitrogen and oxygen atoms in total. The Bertz CT molecular complexity index is 791. The van der Waals surface area contributed by atoms with Gasteiger partial charge in [0.15, 0.2) is 0 Å². The fraction of sp³-hybridized carbons (Fsp3) is 0.400. The zero-order chi connectivity index (χ0) is 15.9. The molecule has 0 aliphatic carbocycles. The number of pyridine rings is 2. The lowest BCUT2D eigenvalue weighted by Crippen LogP contribution is -2.46. The molecule has 3 rings (SSSR count). The Morgan fingerprint density at radius 3 is 2.55 bits per heavy atom. The smallest absolute Gasteiger partial charge is 0.343 e. The van der Waals surface area contributed by atoms with Crippen LogP contribution < -0.4 is 10.5 Å². The van der Waals surface area contributed by atoms with Gasteiger partial charge in [0.1, 0.15) is 11.2 Å². The molecule has 0 unspecified atom stereocenters. The molecule has 0 bridgehead atoms. The number of aromatic nitrogens is 2. The number of aromatic carboxylic acids is 1. The maximum Gasteiger partial charge on any atom is 0.343 e. The molecule has 0 amide bonds. The number of anilines is 1. The first-order valence-electron chi connectivity index (χ1n) is 7.15. The lowest BCUT2D eigenvalue weighted by Gasteiger charge is -2.35. The van der Waals surface area contributed by atoms with E-state index in [-0.39, 0.29) is 5.56 Å². The first-order valence-corrected chi connectivity index (χ1v) is 7.15. The Morgan fingerprint density at radius 1 is 1.23 bits per heavy atom. The number of likely N-dealkylation sites (N-methyl/N-ethyl adjacent to an activating group) is 1. The number of nitrogens with zero attached hydrogens (tertiary/aromatic N) is 4. The van der Waals surface area contributed by atoms with E-state index in [4.69, 9.17) is 0 Å². The van der Waals surface area contributed by atoms with Crippen LogP contribution in [0.3, 0.4) is 0 Å². The van der Waals surface area contributed by atoms with Crippen molar-refractivity contribution in [2.75, 3.05) is 38.1 Å². The van der Waals surface area contributed by atoms with Crippen LogP contribution in [0.5, 0.6) is 0 Å². The van der Waals surface area contributed by atoms with E-state index in [1.54, 1.807) is 19.3 Å². The molecule has 0 atom stereocenters. The van der Waals surface area contributed by atoms with Gasteiger partial charge in [-0.25, -0.2) is 9.78 Å². The fourth-order valence-electron chi connectivity index (χ4n) is 2.90. The minimum absolute atomic E-state index is 0.174. The van der Waals surface area contributed by atoms with Crippen LogP contribution in [-0.4, -0.2) is 58.8 Å². The largest absolute Gasteiger partial charge is 0.477 e. The molecule has 2 aromatic heterocycles. The Balaban J connectivity index is 2.31. The monoisotopic (exact) mass is 302 g/mol. The highest BCUT2D eigenvalue weighted by Crippen LogP contribution is 2.28. The zero-order valence-corrected chi connectivity index (χ0v) is 12.6. The summed E-state index contributed by atoms with van der Waals surface area (Å²) in [7, 11) is 3.58. The molecule has 0 saturated carbocycles. The van der Waals surface area contributed by atoms with Gasteiger partial charge in [0.2, 0.25) is 0 Å². The second-order valence-electron chi connectivity index (χ2n) is 5.56. The molecule has 3 heterocycles. The van der Waals surface area contributed by atoms with Gasteiger partial charge in [0, 0.05) is 44.8 Å². The summed E-state index contributed by atoms with van der Waals surface area (Å²) in [6.45, 7) is 3.04. The maximum atomic E-state index is 12.5. The molecule has 1 aliphatic rings. The topological polar surface area (TPSA) is 78.7 Å². The third-order valence-electron chi connectivity index (χ3n) is 4.15. The Morgan fingerprint density at radius 2 is 1.91 bits per heavy atom. The summed E-state index contributed by atoms with van der Waals surface area (Å²) in [5.41, 5.74) is 0.304. The molecule has 7 heteroatoms. The van der Waals surface area contributed by atoms with Gasteiger partial charge in [0.05, 0.1) is 5.69 Å². The van der Waals surface area contributed by atoms with Crippen molar-refractivity contribution in [3.05, 3.63) is 34.2 Å². The lowest BCUT2D eigenvalue weighted by molar-refractivity contribution is 0.0695. The molecule has 116 valence electrons. The molecule has 1 N–H and O–H groups in total. The van der Waals surface area contributed by atoms with Crippen LogP contribution in [0, 0.1) is 0 Å². The number of hydrogen-bond donors (Lipinski definition) is 1. The highest BCUT2D eigenvalue weighted by atomic mass is 16.4. The summed E-state index contributed by atoms with van der Waals surface area (Å²) in [4.78, 5) is 32.5. The average molecular weight is 302 g/mol. The molecule has 0 radical (unpaired) electrons. The SMILES string of the molecule is CN1CCN(c2c(C(=O)O)c(=O)n(C)c3ncccc23)CC1. The van der Waals surface area contributed by atoms with Crippen LogP contribution in [0.1, 0.15) is 10.4 Å². The van der Waals surface area contributed by atoms with Gasteiger partial charge in [0.25, 0.3) is 5.56 Å². The van der Waals surface area contributed by atoms with Gasteiger partial charge >= 0.3 is 5.97 Å². The van der Waals surface area contributed by atoms with Gasteiger partial charge in [-0.05, 0) is 19.2 Å². The second kappa shape index (κ2) is 5.42. The van der Waals surface area contributed by atoms with E-state index in [0.29, 0.717) is 29.8 Å². The number of aryl methyl sites for hydroxylation is 1. The van der Waals surface area contributed by atoms with Gasteiger partial charge in [-0.2, -0.15) is 0 Å². The van der Waals surface area contributed by atoms with E-state index in [0.717, 1.165) is 13.1 Å². The highest BCUT2D eigenvalue weighted by Gasteiger charge is 2.26. The van der Waals surface area contributed by atoms with E-state index in [9.17, 15) is 14.7 Å². The highest BCUT2D eigenvalue weighted by molar-refractivity contribution is 6.03. The molecule has 0 spiro atoms. The van der Waals surface area contributed by atoms with E-state index in [2.05, 4.69) is 9.88 Å². The van der Waals surface area contributed by atoms with Crippen LogP contribution in [0.2, 0.25) is 0 Å². The van der Waals surface area contributed by atoms with Crippen molar-refractivity contribution < 1.29 is 9.90 Å². The van der Waals surface area contributed by atoms with Crippen molar-refractivity contribution in [2.24, 2.45) is 7.05 Å². The molecule has 1 saturated heterocycles. The van der Waals surface area contributed by atoms with Crippen LogP contribution in [0.15, 0.2) is 23.1 Å². The summed E-state index contributed by atoms with van der Waals surface area (Å²) in [5.74, 6) is -1.19. The van der Waals surface area contributed by atoms with Gasteiger partial charge in [-0.15, -0.1) is 0 Å². The first kappa shape index (κ1) is 14.5. The molecule has 22 heavy (non-hydrogen) atoms. The summed E-state index contributed by atoms with van der Waals surface area (Å²) in [6, 6.07) is 3.58. The first-order chi connectivity index (χ1) is 10.5. The van der Waals surface area contributed by atoms with E-state index in [1.807, 2.05) is 18.0 Å². The number of carbonyl (C=O) groups is 1. The molecule has 0 aromatic carbocycles. The predicted octanol–water partition coefficient (Wildman–Crippen LogP) is 0.383. The normalized spacial score (nSPS) is 16.2. The second-order valence-corrected chi connectivity index (χ2v) is 5.56. The standard InChI is InChI=1S/C15H18N4O3/c1-17-6-8-19(9-7-17)12-10-4-3-5-16-13(10)18(2)14(20)11(12)15(21)22/h3-5H,6-9H2,1-2H3,(H,21,22). The third kappa shape index (κ3) is 2.23. The van der Waals surface area contributed by atoms with Crippen LogP contribution in [0.25, 0.3) is 11.0 Å². The van der Waals surface area contributed by atoms with E-state index < -0.39 is 11.5 Å². The number of carboxylic acid groups (broad SMARTS) is 1. The Kier molecular flexibility index (Phi) is 3.58. The number of carboxylic acids is 1. The van der Waals surface area contributed by atoms with Crippen molar-refractivity contribution in [1.29, 1.82) is 0 Å². The number of rotatable bonds is 2. The van der Waals surface area contributed by atoms with Crippen molar-refractivity contribution >= 4 is 22.7 Å². The zero-order valence-electron chi connectivity index (χ0n) is 12.6. The van der Waals surface area contributed by atoms with Gasteiger partial charge < -0.3 is 14.9 Å². The molecule has 1 fully saturated rings. The number of fused-ring (bicyclic) bond motifs is 1. The molecule has 1 aliphatic heterocycles. The predicted molar refractivity (Wildman–Crippen MR) is 83.7 cm³/mol. The van der Waals surface area contributed by atoms with Crippen molar-refractivity contribution in [2.45, 2.75) is 0 Å². The van der Waals surface area contributed by atoms with Crippen LogP contribution in [-0.2, 0) is 7.05 Å². The quantitative estimate of drug-likeness (QED) is 0.864. The van der Waals surface area contributed by atoms with Gasteiger partial charge in [-0.1, -0.05) is 0 Å². The van der Waals surface area contributed by atoms with Crippen LogP contribution in [0.4, 0.5) is 5.69 Å². The van der Waals surface area contributed by atoms with E-state index in [1.165, 1.54) is 4.57 Å². The minimum atomic E-state index is -1.19. The molecule has 2 aromatic rings. The lowest BCUT2D eigenvalue weighted by atomic mass is 10.1. The average Bonchev–Trinajstić information content (AvgIpc) is 2.51. The van der Waals surface area contributed by atoms with Crippen molar-refractivity contribution in [3.8, 4) is 0 Å². The number of piperazine rings is 1. The summed E-state index contributed by atoms with van der Waals surface area (Å²) < 4.78 is 1.30. The minimum Gasteiger partial charge on any atom is -0.477 e. The summed E-state index contributed by atoms with van der Waals surface area (Å²) in [5, 5.41) is 10.2. The number of hydrogen-bond acceptors (Lipinski definition) is 5.